The molecule has 0 unspecified atom stereocenters. The van der Waals surface area contributed by atoms with Gasteiger partial charge in [0, 0.05) is 26.6 Å². The molecule has 0 atom stereocenters. The molecule has 0 saturated carbocycles. The third-order valence-electron chi connectivity index (χ3n) is 4.57. The van der Waals surface area contributed by atoms with Gasteiger partial charge in [0.1, 0.15) is 5.76 Å². The normalized spacial score (nSPS) is 13.5. The van der Waals surface area contributed by atoms with Gasteiger partial charge >= 0.3 is 0 Å². The van der Waals surface area contributed by atoms with Gasteiger partial charge in [0.15, 0.2) is 11.5 Å². The van der Waals surface area contributed by atoms with E-state index >= 15 is 0 Å². The molecule has 26 heavy (non-hydrogen) atoms. The summed E-state index contributed by atoms with van der Waals surface area (Å²) < 4.78 is 6.99. The van der Waals surface area contributed by atoms with E-state index in [2.05, 4.69) is 15.9 Å². The van der Waals surface area contributed by atoms with Crippen molar-refractivity contribution < 1.29 is 14.0 Å². The highest BCUT2D eigenvalue weighted by molar-refractivity contribution is 9.10. The lowest BCUT2D eigenvalue weighted by Gasteiger charge is -2.18. The summed E-state index contributed by atoms with van der Waals surface area (Å²) in [7, 11) is 0. The Labute approximate surface area is 160 Å². The molecular formula is C22H17BrO3. The molecule has 0 bridgehead atoms. The van der Waals surface area contributed by atoms with Crippen LogP contribution in [0.2, 0.25) is 0 Å². The van der Waals surface area contributed by atoms with Gasteiger partial charge in [0.25, 0.3) is 0 Å². The number of rotatable bonds is 1. The first-order valence-electron chi connectivity index (χ1n) is 8.40. The molecule has 130 valence electrons. The Morgan fingerprint density at radius 3 is 1.96 bits per heavy atom. The Bertz CT molecular complexity index is 1050. The van der Waals surface area contributed by atoms with E-state index in [0.717, 1.165) is 10.0 Å². The van der Waals surface area contributed by atoms with Crippen LogP contribution in [0.3, 0.4) is 0 Å². The summed E-state index contributed by atoms with van der Waals surface area (Å²) in [6.45, 7) is 6.05. The van der Waals surface area contributed by atoms with E-state index in [4.69, 9.17) is 4.42 Å². The summed E-state index contributed by atoms with van der Waals surface area (Å²) in [5, 5.41) is 0. The van der Waals surface area contributed by atoms with Crippen LogP contribution in [-0.2, 0) is 5.41 Å². The number of ketones is 2. The second kappa shape index (κ2) is 5.78. The van der Waals surface area contributed by atoms with Crippen LogP contribution < -0.4 is 0 Å². The first-order chi connectivity index (χ1) is 12.3. The molecular weight excluding hydrogens is 392 g/mol. The third-order valence-corrected chi connectivity index (χ3v) is 5.10. The minimum atomic E-state index is -0.355. The molecule has 4 heteroatoms. The lowest BCUT2D eigenvalue weighted by atomic mass is 9.82. The molecule has 0 fully saturated rings. The van der Waals surface area contributed by atoms with Crippen molar-refractivity contribution in [1.29, 1.82) is 0 Å². The quantitative estimate of drug-likeness (QED) is 0.400. The monoisotopic (exact) mass is 408 g/mol. The van der Waals surface area contributed by atoms with Gasteiger partial charge in [0.05, 0.1) is 5.56 Å². The van der Waals surface area contributed by atoms with Gasteiger partial charge in [-0.1, -0.05) is 73.1 Å². The fraction of sp³-hybridized carbons (Fsp3) is 0.182. The number of hydrogen-bond acceptors (Lipinski definition) is 3. The van der Waals surface area contributed by atoms with Gasteiger partial charge in [-0.25, -0.2) is 0 Å². The molecule has 0 aliphatic heterocycles. The average Bonchev–Trinajstić information content (AvgIpc) is 3.02. The summed E-state index contributed by atoms with van der Waals surface area (Å²) >= 11 is 3.44. The second-order valence-corrected chi connectivity index (χ2v) is 8.39. The van der Waals surface area contributed by atoms with Crippen molar-refractivity contribution in [2.75, 3.05) is 0 Å². The number of fused-ring (bicyclic) bond motifs is 2. The maximum atomic E-state index is 13.2. The Kier molecular flexibility index (Phi) is 3.77. The highest BCUT2D eigenvalue weighted by Gasteiger charge is 2.39. The Hall–Kier alpha value is -2.46. The molecule has 0 spiro atoms. The van der Waals surface area contributed by atoms with Gasteiger partial charge in [0.2, 0.25) is 5.78 Å². The SMILES string of the molecule is CC(C)(C)c1oc2c(c1-c1ccc(Br)cc1)C(=O)c1ccccc1C2=O. The molecule has 0 amide bonds. The Morgan fingerprint density at radius 2 is 1.38 bits per heavy atom. The Balaban J connectivity index is 2.06. The van der Waals surface area contributed by atoms with Crippen molar-refractivity contribution in [2.24, 2.45) is 0 Å². The number of hydrogen-bond donors (Lipinski definition) is 0. The fourth-order valence-electron chi connectivity index (χ4n) is 3.36. The molecule has 1 aromatic heterocycles. The smallest absolute Gasteiger partial charge is 0.229 e. The van der Waals surface area contributed by atoms with E-state index in [0.29, 0.717) is 28.0 Å². The molecule has 1 heterocycles. The lowest BCUT2D eigenvalue weighted by Crippen LogP contribution is -2.19. The van der Waals surface area contributed by atoms with Crippen LogP contribution in [0, 0.1) is 0 Å². The number of benzene rings is 2. The largest absolute Gasteiger partial charge is 0.456 e. The van der Waals surface area contributed by atoms with Crippen molar-refractivity contribution in [3.63, 3.8) is 0 Å². The van der Waals surface area contributed by atoms with Gasteiger partial charge in [-0.05, 0) is 17.7 Å². The van der Waals surface area contributed by atoms with Crippen LogP contribution in [0.25, 0.3) is 11.1 Å². The summed E-state index contributed by atoms with van der Waals surface area (Å²) in [6.07, 6.45) is 0. The minimum absolute atomic E-state index is 0.150. The number of carbonyl (C=O) groups excluding carboxylic acids is 2. The van der Waals surface area contributed by atoms with E-state index < -0.39 is 0 Å². The minimum Gasteiger partial charge on any atom is -0.456 e. The number of carbonyl (C=O) groups is 2. The molecule has 1 aliphatic rings. The molecule has 0 saturated heterocycles. The molecule has 4 rings (SSSR count). The van der Waals surface area contributed by atoms with Gasteiger partial charge in [-0.2, -0.15) is 0 Å². The maximum absolute atomic E-state index is 13.2. The molecule has 1 aliphatic carbocycles. The van der Waals surface area contributed by atoms with Crippen LogP contribution in [0.1, 0.15) is 58.6 Å². The topological polar surface area (TPSA) is 47.3 Å². The summed E-state index contributed by atoms with van der Waals surface area (Å²) in [6, 6.07) is 14.6. The molecule has 0 radical (unpaired) electrons. The van der Waals surface area contributed by atoms with Crippen molar-refractivity contribution in [1.82, 2.24) is 0 Å². The summed E-state index contributed by atoms with van der Waals surface area (Å²) in [5.41, 5.74) is 2.44. The fourth-order valence-corrected chi connectivity index (χ4v) is 3.63. The Morgan fingerprint density at radius 1 is 0.808 bits per heavy atom. The van der Waals surface area contributed by atoms with Gasteiger partial charge < -0.3 is 4.42 Å². The molecule has 0 N–H and O–H groups in total. The van der Waals surface area contributed by atoms with Crippen molar-refractivity contribution in [2.45, 2.75) is 26.2 Å². The van der Waals surface area contributed by atoms with E-state index in [-0.39, 0.29) is 22.7 Å². The molecule has 2 aromatic carbocycles. The zero-order valence-electron chi connectivity index (χ0n) is 14.7. The van der Waals surface area contributed by atoms with E-state index in [1.807, 2.05) is 45.0 Å². The van der Waals surface area contributed by atoms with Crippen LogP contribution in [-0.4, -0.2) is 11.6 Å². The predicted octanol–water partition coefficient (Wildman–Crippen LogP) is 5.78. The highest BCUT2D eigenvalue weighted by atomic mass is 79.9. The third kappa shape index (κ3) is 2.48. The average molecular weight is 409 g/mol. The first-order valence-corrected chi connectivity index (χ1v) is 9.20. The zero-order valence-corrected chi connectivity index (χ0v) is 16.3. The summed E-state index contributed by atoms with van der Waals surface area (Å²) in [4.78, 5) is 26.2. The number of furan rings is 1. The van der Waals surface area contributed by atoms with Crippen LogP contribution in [0.5, 0.6) is 0 Å². The van der Waals surface area contributed by atoms with E-state index in [1.54, 1.807) is 24.3 Å². The predicted molar refractivity (Wildman–Crippen MR) is 104 cm³/mol. The van der Waals surface area contributed by atoms with Gasteiger partial charge in [-0.3, -0.25) is 9.59 Å². The maximum Gasteiger partial charge on any atom is 0.229 e. The van der Waals surface area contributed by atoms with Crippen LogP contribution >= 0.6 is 15.9 Å². The van der Waals surface area contributed by atoms with E-state index in [9.17, 15) is 9.59 Å². The van der Waals surface area contributed by atoms with Crippen LogP contribution in [0.15, 0.2) is 57.4 Å². The van der Waals surface area contributed by atoms with Crippen molar-refractivity contribution >= 4 is 27.5 Å². The number of halogens is 1. The van der Waals surface area contributed by atoms with E-state index in [1.165, 1.54) is 0 Å². The molecule has 3 aromatic rings. The first kappa shape index (κ1) is 17.0. The van der Waals surface area contributed by atoms with Gasteiger partial charge in [-0.15, -0.1) is 0 Å². The summed E-state index contributed by atoms with van der Waals surface area (Å²) in [5.74, 6) is 0.410. The van der Waals surface area contributed by atoms with Crippen LogP contribution in [0.4, 0.5) is 0 Å². The van der Waals surface area contributed by atoms with Crippen molar-refractivity contribution in [3.05, 3.63) is 81.2 Å². The zero-order chi connectivity index (χ0) is 18.6. The second-order valence-electron chi connectivity index (χ2n) is 7.47. The molecule has 3 nitrogen and oxygen atoms in total. The standard InChI is InChI=1S/C22H17BrO3/c1-22(2,3)21-16(12-8-10-13(23)11-9-12)17-18(24)14-6-4-5-7-15(14)19(25)20(17)26-21/h4-11H,1-3H3. The highest BCUT2D eigenvalue weighted by Crippen LogP contribution is 2.43. The lowest BCUT2D eigenvalue weighted by molar-refractivity contribution is 0.0958. The van der Waals surface area contributed by atoms with Crippen molar-refractivity contribution in [3.8, 4) is 11.1 Å².